The first kappa shape index (κ1) is 14.9. The van der Waals surface area contributed by atoms with Gasteiger partial charge in [-0.05, 0) is 25.7 Å². The van der Waals surface area contributed by atoms with Crippen LogP contribution in [0.5, 0.6) is 0 Å². The molecule has 3 unspecified atom stereocenters. The number of hydrogen-bond donors (Lipinski definition) is 0. The summed E-state index contributed by atoms with van der Waals surface area (Å²) >= 11 is 0. The van der Waals surface area contributed by atoms with Crippen molar-refractivity contribution in [3.05, 3.63) is 0 Å². The normalized spacial score (nSPS) is 32.9. The first-order chi connectivity index (χ1) is 9.08. The Morgan fingerprint density at radius 3 is 2.79 bits per heavy atom. The molecule has 4 nitrogen and oxygen atoms in total. The molecule has 0 aliphatic carbocycles. The second kappa shape index (κ2) is 6.33. The highest BCUT2D eigenvalue weighted by molar-refractivity contribution is 5.85. The van der Waals surface area contributed by atoms with E-state index in [1.165, 1.54) is 0 Å². The number of ketones is 1. The number of carbonyl (C=O) groups is 1. The minimum absolute atomic E-state index is 0.0643. The Bertz CT molecular complexity index is 307. The lowest BCUT2D eigenvalue weighted by molar-refractivity contribution is -0.149. The van der Waals surface area contributed by atoms with E-state index in [-0.39, 0.29) is 29.3 Å². The van der Waals surface area contributed by atoms with E-state index in [2.05, 4.69) is 0 Å². The molecule has 0 bridgehead atoms. The van der Waals surface area contributed by atoms with E-state index in [4.69, 9.17) is 14.2 Å². The van der Waals surface area contributed by atoms with Crippen LogP contribution in [0.1, 0.15) is 40.0 Å². The molecule has 2 saturated heterocycles. The van der Waals surface area contributed by atoms with Gasteiger partial charge in [0.15, 0.2) is 5.78 Å². The van der Waals surface area contributed by atoms with Crippen LogP contribution in [0.3, 0.4) is 0 Å². The molecule has 0 aromatic heterocycles. The molecule has 110 valence electrons. The summed E-state index contributed by atoms with van der Waals surface area (Å²) in [6, 6.07) is 0. The largest absolute Gasteiger partial charge is 0.378 e. The van der Waals surface area contributed by atoms with Crippen molar-refractivity contribution < 1.29 is 19.0 Å². The van der Waals surface area contributed by atoms with E-state index in [1.807, 2.05) is 20.8 Å². The third-order valence-electron chi connectivity index (χ3n) is 4.19. The molecular formula is C15H26O4. The summed E-state index contributed by atoms with van der Waals surface area (Å²) in [4.78, 5) is 12.6. The predicted octanol–water partition coefficient (Wildman–Crippen LogP) is 2.20. The van der Waals surface area contributed by atoms with Crippen molar-refractivity contribution in [2.45, 2.75) is 51.7 Å². The third kappa shape index (κ3) is 3.36. The highest BCUT2D eigenvalue weighted by Crippen LogP contribution is 2.37. The molecule has 0 aromatic carbocycles. The van der Waals surface area contributed by atoms with E-state index in [0.29, 0.717) is 19.8 Å². The quantitative estimate of drug-likeness (QED) is 0.768. The molecule has 0 N–H and O–H groups in total. The van der Waals surface area contributed by atoms with Crippen molar-refractivity contribution in [1.82, 2.24) is 0 Å². The van der Waals surface area contributed by atoms with Gasteiger partial charge in [-0.1, -0.05) is 13.8 Å². The van der Waals surface area contributed by atoms with Crippen LogP contribution in [0, 0.1) is 11.8 Å². The lowest BCUT2D eigenvalue weighted by Crippen LogP contribution is -2.45. The smallest absolute Gasteiger partial charge is 0.165 e. The van der Waals surface area contributed by atoms with E-state index in [1.54, 1.807) is 0 Å². The first-order valence-electron chi connectivity index (χ1n) is 7.45. The molecule has 2 fully saturated rings. The van der Waals surface area contributed by atoms with E-state index in [0.717, 1.165) is 25.9 Å². The second-order valence-electron chi connectivity index (χ2n) is 6.05. The molecule has 0 aromatic rings. The van der Waals surface area contributed by atoms with Gasteiger partial charge in [-0.3, -0.25) is 4.79 Å². The molecule has 2 rings (SSSR count). The standard InChI is InChI=1S/C15H26O4/c1-4-18-14(11(2)3)13(16)12-5-7-19-15(9-12)6-8-17-10-15/h11-12,14H,4-10H2,1-3H3. The topological polar surface area (TPSA) is 44.8 Å². The molecule has 0 radical (unpaired) electrons. The fraction of sp³-hybridized carbons (Fsp3) is 0.933. The Labute approximate surface area is 115 Å². The van der Waals surface area contributed by atoms with Crippen LogP contribution in [-0.2, 0) is 19.0 Å². The molecule has 0 saturated carbocycles. The highest BCUT2D eigenvalue weighted by atomic mass is 16.6. The van der Waals surface area contributed by atoms with Gasteiger partial charge in [0.2, 0.25) is 0 Å². The number of Topliss-reactive ketones (excluding diaryl/α,β-unsaturated/α-hetero) is 1. The summed E-state index contributed by atoms with van der Waals surface area (Å²) in [5, 5.41) is 0. The monoisotopic (exact) mass is 270 g/mol. The summed E-state index contributed by atoms with van der Waals surface area (Å²) < 4.78 is 17.0. The zero-order valence-electron chi connectivity index (χ0n) is 12.3. The van der Waals surface area contributed by atoms with Crippen LogP contribution in [0.15, 0.2) is 0 Å². The molecular weight excluding hydrogens is 244 g/mol. The fourth-order valence-electron chi connectivity index (χ4n) is 3.15. The van der Waals surface area contributed by atoms with Gasteiger partial charge < -0.3 is 14.2 Å². The maximum absolute atomic E-state index is 12.6. The SMILES string of the molecule is CCOC(C(=O)C1CCOC2(CCOC2)C1)C(C)C. The van der Waals surface area contributed by atoms with Crippen LogP contribution in [0.4, 0.5) is 0 Å². The zero-order chi connectivity index (χ0) is 13.9. The van der Waals surface area contributed by atoms with Gasteiger partial charge in [0.05, 0.1) is 12.2 Å². The second-order valence-corrected chi connectivity index (χ2v) is 6.05. The number of carbonyl (C=O) groups excluding carboxylic acids is 1. The van der Waals surface area contributed by atoms with Gasteiger partial charge in [-0.25, -0.2) is 0 Å². The average molecular weight is 270 g/mol. The molecule has 0 amide bonds. The zero-order valence-corrected chi connectivity index (χ0v) is 12.3. The highest BCUT2D eigenvalue weighted by Gasteiger charge is 2.44. The van der Waals surface area contributed by atoms with Gasteiger partial charge in [-0.2, -0.15) is 0 Å². The first-order valence-corrected chi connectivity index (χ1v) is 7.45. The summed E-state index contributed by atoms with van der Waals surface area (Å²) in [5.41, 5.74) is -0.202. The summed E-state index contributed by atoms with van der Waals surface area (Å²) in [6.07, 6.45) is 2.25. The maximum atomic E-state index is 12.6. The van der Waals surface area contributed by atoms with Crippen molar-refractivity contribution in [2.24, 2.45) is 11.8 Å². The fourth-order valence-corrected chi connectivity index (χ4v) is 3.15. The summed E-state index contributed by atoms with van der Waals surface area (Å²) in [7, 11) is 0. The Morgan fingerprint density at radius 1 is 1.42 bits per heavy atom. The van der Waals surface area contributed by atoms with Gasteiger partial charge in [0, 0.05) is 32.2 Å². The molecule has 2 aliphatic rings. The van der Waals surface area contributed by atoms with Crippen LogP contribution >= 0.6 is 0 Å². The van der Waals surface area contributed by atoms with Gasteiger partial charge >= 0.3 is 0 Å². The Hall–Kier alpha value is -0.450. The van der Waals surface area contributed by atoms with Crippen molar-refractivity contribution in [3.8, 4) is 0 Å². The molecule has 3 atom stereocenters. The van der Waals surface area contributed by atoms with E-state index < -0.39 is 0 Å². The van der Waals surface area contributed by atoms with E-state index >= 15 is 0 Å². The van der Waals surface area contributed by atoms with Crippen LogP contribution < -0.4 is 0 Å². The average Bonchev–Trinajstić information content (AvgIpc) is 2.83. The van der Waals surface area contributed by atoms with Gasteiger partial charge in [0.25, 0.3) is 0 Å². The van der Waals surface area contributed by atoms with Crippen molar-refractivity contribution in [1.29, 1.82) is 0 Å². The Balaban J connectivity index is 2.01. The Kier molecular flexibility index (Phi) is 4.98. The van der Waals surface area contributed by atoms with Crippen LogP contribution in [0.2, 0.25) is 0 Å². The lowest BCUT2D eigenvalue weighted by Gasteiger charge is -2.37. The third-order valence-corrected chi connectivity index (χ3v) is 4.19. The van der Waals surface area contributed by atoms with Crippen molar-refractivity contribution in [3.63, 3.8) is 0 Å². The van der Waals surface area contributed by atoms with Gasteiger partial charge in [-0.15, -0.1) is 0 Å². The molecule has 19 heavy (non-hydrogen) atoms. The molecule has 1 spiro atoms. The van der Waals surface area contributed by atoms with Crippen LogP contribution in [0.25, 0.3) is 0 Å². The van der Waals surface area contributed by atoms with Crippen molar-refractivity contribution in [2.75, 3.05) is 26.4 Å². The molecule has 4 heteroatoms. The van der Waals surface area contributed by atoms with Gasteiger partial charge in [0.1, 0.15) is 6.10 Å². The number of ether oxygens (including phenoxy) is 3. The summed E-state index contributed by atoms with van der Waals surface area (Å²) in [5.74, 6) is 0.548. The van der Waals surface area contributed by atoms with E-state index in [9.17, 15) is 4.79 Å². The Morgan fingerprint density at radius 2 is 2.21 bits per heavy atom. The summed E-state index contributed by atoms with van der Waals surface area (Å²) in [6.45, 7) is 8.68. The molecule has 2 heterocycles. The lowest BCUT2D eigenvalue weighted by atomic mass is 9.80. The number of hydrogen-bond acceptors (Lipinski definition) is 4. The minimum atomic E-state index is -0.271. The predicted molar refractivity (Wildman–Crippen MR) is 72.1 cm³/mol. The number of rotatable bonds is 5. The van der Waals surface area contributed by atoms with Crippen molar-refractivity contribution >= 4 is 5.78 Å². The minimum Gasteiger partial charge on any atom is -0.378 e. The molecule has 2 aliphatic heterocycles. The van der Waals surface area contributed by atoms with Crippen LogP contribution in [-0.4, -0.2) is 43.9 Å². The maximum Gasteiger partial charge on any atom is 0.165 e.